The lowest BCUT2D eigenvalue weighted by Gasteiger charge is -2.37. The van der Waals surface area contributed by atoms with Gasteiger partial charge in [-0.15, -0.1) is 0 Å². The van der Waals surface area contributed by atoms with Crippen LogP contribution < -0.4 is 5.32 Å². The molecule has 1 saturated heterocycles. The van der Waals surface area contributed by atoms with Crippen molar-refractivity contribution in [3.63, 3.8) is 0 Å². The van der Waals surface area contributed by atoms with Gasteiger partial charge in [0.15, 0.2) is 0 Å². The fourth-order valence-electron chi connectivity index (χ4n) is 3.15. The molecule has 3 rings (SSSR count). The van der Waals surface area contributed by atoms with Crippen LogP contribution >= 0.6 is 0 Å². The number of aliphatic hydroxyl groups is 1. The van der Waals surface area contributed by atoms with Gasteiger partial charge in [-0.25, -0.2) is 4.79 Å². The molecule has 1 fully saturated rings. The molecule has 1 aromatic rings. The number of morpholine rings is 1. The van der Waals surface area contributed by atoms with E-state index >= 15 is 0 Å². The van der Waals surface area contributed by atoms with Crippen molar-refractivity contribution in [3.8, 4) is 0 Å². The van der Waals surface area contributed by atoms with E-state index < -0.39 is 6.10 Å². The van der Waals surface area contributed by atoms with Gasteiger partial charge in [0.2, 0.25) is 0 Å². The van der Waals surface area contributed by atoms with Crippen LogP contribution in [0.5, 0.6) is 0 Å². The van der Waals surface area contributed by atoms with Crippen molar-refractivity contribution >= 4 is 6.03 Å². The van der Waals surface area contributed by atoms with Crippen LogP contribution in [-0.2, 0) is 4.74 Å². The predicted molar refractivity (Wildman–Crippen MR) is 84.9 cm³/mol. The molecule has 0 spiro atoms. The Bertz CT molecular complexity index is 529. The Labute approximate surface area is 136 Å². The van der Waals surface area contributed by atoms with Crippen LogP contribution in [0.15, 0.2) is 35.0 Å². The van der Waals surface area contributed by atoms with Crippen molar-refractivity contribution in [1.82, 2.24) is 10.2 Å². The zero-order valence-corrected chi connectivity index (χ0v) is 13.2. The molecule has 0 saturated carbocycles. The molecule has 2 heterocycles. The molecule has 1 aliphatic carbocycles. The fraction of sp³-hybridized carbons (Fsp3) is 0.588. The van der Waals surface area contributed by atoms with Gasteiger partial charge in [0.25, 0.3) is 0 Å². The Morgan fingerprint density at radius 2 is 2.43 bits per heavy atom. The van der Waals surface area contributed by atoms with Gasteiger partial charge in [-0.05, 0) is 31.4 Å². The second-order valence-electron chi connectivity index (χ2n) is 6.10. The molecular formula is C17H24N2O4. The van der Waals surface area contributed by atoms with Crippen molar-refractivity contribution in [3.05, 3.63) is 36.3 Å². The monoisotopic (exact) mass is 320 g/mol. The number of urea groups is 1. The van der Waals surface area contributed by atoms with Crippen LogP contribution in [-0.4, -0.2) is 47.9 Å². The molecule has 0 bridgehead atoms. The van der Waals surface area contributed by atoms with Gasteiger partial charge in [0.1, 0.15) is 11.9 Å². The molecule has 2 aliphatic rings. The van der Waals surface area contributed by atoms with E-state index in [0.29, 0.717) is 31.9 Å². The maximum Gasteiger partial charge on any atom is 0.318 e. The fourth-order valence-corrected chi connectivity index (χ4v) is 3.15. The molecule has 23 heavy (non-hydrogen) atoms. The van der Waals surface area contributed by atoms with Gasteiger partial charge in [-0.3, -0.25) is 0 Å². The number of rotatable bonds is 4. The van der Waals surface area contributed by atoms with E-state index in [1.54, 1.807) is 17.0 Å². The van der Waals surface area contributed by atoms with E-state index in [-0.39, 0.29) is 18.1 Å². The second-order valence-corrected chi connectivity index (χ2v) is 6.10. The number of allylic oxidation sites excluding steroid dienone is 1. The van der Waals surface area contributed by atoms with Gasteiger partial charge in [-0.2, -0.15) is 0 Å². The van der Waals surface area contributed by atoms with Gasteiger partial charge in [0.05, 0.1) is 25.5 Å². The molecule has 0 radical (unpaired) electrons. The molecule has 3 atom stereocenters. The summed E-state index contributed by atoms with van der Waals surface area (Å²) in [5, 5.41) is 13.3. The minimum atomic E-state index is -0.735. The lowest BCUT2D eigenvalue weighted by Crippen LogP contribution is -2.54. The average molecular weight is 320 g/mol. The zero-order valence-electron chi connectivity index (χ0n) is 13.2. The highest BCUT2D eigenvalue weighted by Crippen LogP contribution is 2.23. The van der Waals surface area contributed by atoms with Gasteiger partial charge in [0, 0.05) is 19.0 Å². The lowest BCUT2D eigenvalue weighted by atomic mass is 10.0. The topological polar surface area (TPSA) is 74.9 Å². The van der Waals surface area contributed by atoms with Crippen LogP contribution in [0.25, 0.3) is 0 Å². The minimum Gasteiger partial charge on any atom is -0.467 e. The van der Waals surface area contributed by atoms with Crippen molar-refractivity contribution in [2.45, 2.75) is 43.9 Å². The van der Waals surface area contributed by atoms with Gasteiger partial charge >= 0.3 is 6.03 Å². The number of carbonyl (C=O) groups excluding carboxylic acids is 1. The molecule has 0 unspecified atom stereocenters. The van der Waals surface area contributed by atoms with Gasteiger partial charge in [-0.1, -0.05) is 12.2 Å². The van der Waals surface area contributed by atoms with Crippen LogP contribution in [0.4, 0.5) is 4.79 Å². The molecule has 2 N–H and O–H groups in total. The number of furan rings is 1. The van der Waals surface area contributed by atoms with Gasteiger partial charge < -0.3 is 24.5 Å². The molecule has 1 aliphatic heterocycles. The molecule has 0 aromatic carbocycles. The summed E-state index contributed by atoms with van der Waals surface area (Å²) in [6.07, 6.45) is 8.55. The molecule has 6 heteroatoms. The van der Waals surface area contributed by atoms with E-state index in [1.807, 2.05) is 0 Å². The summed E-state index contributed by atoms with van der Waals surface area (Å²) in [6, 6.07) is 3.36. The van der Waals surface area contributed by atoms with Crippen molar-refractivity contribution in [2.24, 2.45) is 0 Å². The van der Waals surface area contributed by atoms with Crippen LogP contribution in [0.2, 0.25) is 0 Å². The maximum atomic E-state index is 12.6. The SMILES string of the molecule is O=C(N[C@@H]1C=CCCC1)N1CCOC[C@H]1C[C@H](O)c1ccco1. The normalized spacial score (nSPS) is 26.0. The first kappa shape index (κ1) is 16.1. The first-order chi connectivity index (χ1) is 11.2. The summed E-state index contributed by atoms with van der Waals surface area (Å²) in [6.45, 7) is 1.50. The Morgan fingerprint density at radius 3 is 3.17 bits per heavy atom. The van der Waals surface area contributed by atoms with E-state index in [1.165, 1.54) is 6.26 Å². The van der Waals surface area contributed by atoms with Crippen LogP contribution in [0, 0.1) is 0 Å². The summed E-state index contributed by atoms with van der Waals surface area (Å²) in [7, 11) is 0. The Hall–Kier alpha value is -1.79. The first-order valence-electron chi connectivity index (χ1n) is 8.27. The summed E-state index contributed by atoms with van der Waals surface area (Å²) >= 11 is 0. The largest absolute Gasteiger partial charge is 0.467 e. The Kier molecular flexibility index (Phi) is 5.35. The lowest BCUT2D eigenvalue weighted by molar-refractivity contribution is -0.00999. The average Bonchev–Trinajstić information content (AvgIpc) is 3.11. The highest BCUT2D eigenvalue weighted by atomic mass is 16.5. The van der Waals surface area contributed by atoms with Crippen molar-refractivity contribution in [2.75, 3.05) is 19.8 Å². The third-order valence-corrected chi connectivity index (χ3v) is 4.42. The Balaban J connectivity index is 1.60. The highest BCUT2D eigenvalue weighted by molar-refractivity contribution is 5.75. The first-order valence-corrected chi connectivity index (χ1v) is 8.27. The standard InChI is InChI=1S/C17H24N2O4/c20-15(16-7-4-9-23-16)11-14-12-22-10-8-19(14)17(21)18-13-5-2-1-3-6-13/h2,4-5,7,9,13-15,20H,1,3,6,8,10-12H2,(H,18,21)/t13-,14-,15+/m1/s1. The number of nitrogens with one attached hydrogen (secondary N) is 1. The number of nitrogens with zero attached hydrogens (tertiary/aromatic N) is 1. The number of aliphatic hydroxyl groups excluding tert-OH is 1. The minimum absolute atomic E-state index is 0.0819. The van der Waals surface area contributed by atoms with Crippen molar-refractivity contribution in [1.29, 1.82) is 0 Å². The van der Waals surface area contributed by atoms with E-state index in [2.05, 4.69) is 17.5 Å². The number of amides is 2. The molecule has 6 nitrogen and oxygen atoms in total. The summed E-state index contributed by atoms with van der Waals surface area (Å²) in [5.74, 6) is 0.520. The van der Waals surface area contributed by atoms with E-state index in [9.17, 15) is 9.90 Å². The zero-order chi connectivity index (χ0) is 16.1. The van der Waals surface area contributed by atoms with E-state index in [4.69, 9.17) is 9.15 Å². The quantitative estimate of drug-likeness (QED) is 0.834. The van der Waals surface area contributed by atoms with Crippen LogP contribution in [0.3, 0.4) is 0 Å². The van der Waals surface area contributed by atoms with E-state index in [0.717, 1.165) is 19.3 Å². The predicted octanol–water partition coefficient (Wildman–Crippen LogP) is 2.22. The summed E-state index contributed by atoms with van der Waals surface area (Å²) < 4.78 is 10.7. The third kappa shape index (κ3) is 4.14. The number of ether oxygens (including phenoxy) is 1. The number of hydrogen-bond acceptors (Lipinski definition) is 4. The number of carbonyl (C=O) groups is 1. The van der Waals surface area contributed by atoms with Crippen molar-refractivity contribution < 1.29 is 19.1 Å². The molecule has 2 amide bonds. The molecular weight excluding hydrogens is 296 g/mol. The maximum absolute atomic E-state index is 12.6. The second kappa shape index (κ2) is 7.66. The molecule has 1 aromatic heterocycles. The number of hydrogen-bond donors (Lipinski definition) is 2. The van der Waals surface area contributed by atoms with Crippen LogP contribution in [0.1, 0.15) is 37.5 Å². The summed E-state index contributed by atoms with van der Waals surface area (Å²) in [5.41, 5.74) is 0. The summed E-state index contributed by atoms with van der Waals surface area (Å²) in [4.78, 5) is 14.3. The highest BCUT2D eigenvalue weighted by Gasteiger charge is 2.31. The smallest absolute Gasteiger partial charge is 0.318 e. The molecule has 126 valence electrons. The Morgan fingerprint density at radius 1 is 1.52 bits per heavy atom. The third-order valence-electron chi connectivity index (χ3n) is 4.42.